The molecule has 0 aliphatic rings. The lowest BCUT2D eigenvalue weighted by atomic mass is 9.93. The molecule has 0 saturated heterocycles. The molecular formula is C15H15Cl2NO2. The molecule has 0 unspecified atom stereocenters. The van der Waals surface area contributed by atoms with Gasteiger partial charge >= 0.3 is 0 Å². The Hall–Kier alpha value is -1.45. The van der Waals surface area contributed by atoms with Gasteiger partial charge in [0.1, 0.15) is 0 Å². The van der Waals surface area contributed by atoms with E-state index in [1.807, 2.05) is 25.1 Å². The summed E-state index contributed by atoms with van der Waals surface area (Å²) in [5, 5.41) is 1.11. The molecule has 0 saturated carbocycles. The minimum atomic E-state index is 0.0257. The minimum Gasteiger partial charge on any atom is -0.493 e. The lowest BCUT2D eigenvalue weighted by Crippen LogP contribution is -2.00. The van der Waals surface area contributed by atoms with Gasteiger partial charge in [-0.1, -0.05) is 36.2 Å². The molecule has 0 radical (unpaired) electrons. The van der Waals surface area contributed by atoms with Crippen molar-refractivity contribution in [2.24, 2.45) is 0 Å². The molecule has 1 atom stereocenters. The molecule has 0 aliphatic heterocycles. The maximum Gasteiger partial charge on any atom is 0.161 e. The highest BCUT2D eigenvalue weighted by atomic mass is 35.5. The molecule has 3 nitrogen and oxygen atoms in total. The van der Waals surface area contributed by atoms with Gasteiger partial charge in [0.2, 0.25) is 0 Å². The second-order valence-corrected chi connectivity index (χ2v) is 5.17. The predicted molar refractivity (Wildman–Crippen MR) is 81.3 cm³/mol. The molecule has 1 heterocycles. The van der Waals surface area contributed by atoms with Crippen LogP contribution < -0.4 is 9.47 Å². The first kappa shape index (κ1) is 14.9. The summed E-state index contributed by atoms with van der Waals surface area (Å²) in [5.74, 6) is 1.39. The predicted octanol–water partition coefficient (Wildman–Crippen LogP) is 4.56. The van der Waals surface area contributed by atoms with Gasteiger partial charge in [-0.3, -0.25) is 4.98 Å². The Labute approximate surface area is 128 Å². The number of hydrogen-bond acceptors (Lipinski definition) is 3. The molecule has 20 heavy (non-hydrogen) atoms. The number of ether oxygens (including phenoxy) is 2. The summed E-state index contributed by atoms with van der Waals surface area (Å²) in [6, 6.07) is 5.77. The normalized spacial score (nSPS) is 12.1. The van der Waals surface area contributed by atoms with E-state index < -0.39 is 0 Å². The molecule has 0 amide bonds. The highest BCUT2D eigenvalue weighted by Crippen LogP contribution is 2.37. The second kappa shape index (κ2) is 6.33. The molecule has 1 aromatic heterocycles. The van der Waals surface area contributed by atoms with Crippen LogP contribution in [0.4, 0.5) is 0 Å². The van der Waals surface area contributed by atoms with Gasteiger partial charge in [-0.05, 0) is 23.3 Å². The van der Waals surface area contributed by atoms with Gasteiger partial charge in [0.25, 0.3) is 0 Å². The smallest absolute Gasteiger partial charge is 0.161 e. The third-order valence-electron chi connectivity index (χ3n) is 3.23. The molecule has 106 valence electrons. The largest absolute Gasteiger partial charge is 0.493 e. The van der Waals surface area contributed by atoms with Crippen LogP contribution in [0.5, 0.6) is 11.5 Å². The maximum absolute atomic E-state index is 6.20. The summed E-state index contributed by atoms with van der Waals surface area (Å²) < 4.78 is 10.6. The summed E-state index contributed by atoms with van der Waals surface area (Å²) in [6.45, 7) is 2.04. The molecule has 1 aromatic carbocycles. The van der Waals surface area contributed by atoms with E-state index in [1.165, 1.54) is 0 Å². The Morgan fingerprint density at radius 1 is 1.00 bits per heavy atom. The fourth-order valence-electron chi connectivity index (χ4n) is 2.12. The first-order chi connectivity index (χ1) is 9.58. The van der Waals surface area contributed by atoms with E-state index in [9.17, 15) is 0 Å². The van der Waals surface area contributed by atoms with Crippen LogP contribution in [0.2, 0.25) is 10.0 Å². The zero-order valence-corrected chi connectivity index (χ0v) is 13.0. The van der Waals surface area contributed by atoms with Gasteiger partial charge < -0.3 is 9.47 Å². The van der Waals surface area contributed by atoms with E-state index in [0.29, 0.717) is 21.5 Å². The fourth-order valence-corrected chi connectivity index (χ4v) is 2.82. The van der Waals surface area contributed by atoms with Crippen LogP contribution in [0.25, 0.3) is 0 Å². The van der Waals surface area contributed by atoms with Crippen molar-refractivity contribution in [3.05, 3.63) is 51.8 Å². The lowest BCUT2D eigenvalue weighted by molar-refractivity contribution is 0.354. The average Bonchev–Trinajstić information content (AvgIpc) is 2.46. The van der Waals surface area contributed by atoms with Crippen molar-refractivity contribution in [3.63, 3.8) is 0 Å². The van der Waals surface area contributed by atoms with Crippen molar-refractivity contribution in [1.29, 1.82) is 0 Å². The van der Waals surface area contributed by atoms with E-state index in [4.69, 9.17) is 32.7 Å². The third-order valence-corrected chi connectivity index (χ3v) is 3.83. The van der Waals surface area contributed by atoms with E-state index >= 15 is 0 Å². The summed E-state index contributed by atoms with van der Waals surface area (Å²) in [7, 11) is 3.22. The quantitative estimate of drug-likeness (QED) is 0.829. The Morgan fingerprint density at radius 2 is 1.60 bits per heavy atom. The Bertz CT molecular complexity index is 597. The molecular weight excluding hydrogens is 297 g/mol. The lowest BCUT2D eigenvalue weighted by Gasteiger charge is -2.17. The van der Waals surface area contributed by atoms with Crippen molar-refractivity contribution in [2.45, 2.75) is 12.8 Å². The van der Waals surface area contributed by atoms with Crippen molar-refractivity contribution in [3.8, 4) is 11.5 Å². The van der Waals surface area contributed by atoms with Crippen LogP contribution in [0.3, 0.4) is 0 Å². The SMILES string of the molecule is COc1ccc([C@H](C)c2c(Cl)cncc2Cl)cc1OC. The van der Waals surface area contributed by atoms with Crippen molar-refractivity contribution >= 4 is 23.2 Å². The summed E-state index contributed by atoms with van der Waals surface area (Å²) in [6.07, 6.45) is 3.19. The zero-order chi connectivity index (χ0) is 14.7. The molecule has 2 aromatic rings. The van der Waals surface area contributed by atoms with Gasteiger partial charge in [0.15, 0.2) is 11.5 Å². The van der Waals surface area contributed by atoms with E-state index in [0.717, 1.165) is 11.1 Å². The standard InChI is InChI=1S/C15H15Cl2NO2/c1-9(15-11(16)7-18-8-12(15)17)10-4-5-13(19-2)14(6-10)20-3/h4-9H,1-3H3/t9-/m0/s1. The number of hydrogen-bond donors (Lipinski definition) is 0. The third kappa shape index (κ3) is 2.84. The van der Waals surface area contributed by atoms with Crippen molar-refractivity contribution < 1.29 is 9.47 Å². The molecule has 0 aliphatic carbocycles. The van der Waals surface area contributed by atoms with E-state index in [1.54, 1.807) is 26.6 Å². The van der Waals surface area contributed by atoms with Crippen molar-refractivity contribution in [1.82, 2.24) is 4.98 Å². The van der Waals surface area contributed by atoms with Crippen LogP contribution in [0.15, 0.2) is 30.6 Å². The fraction of sp³-hybridized carbons (Fsp3) is 0.267. The maximum atomic E-state index is 6.20. The molecule has 0 fully saturated rings. The first-order valence-electron chi connectivity index (χ1n) is 6.09. The van der Waals surface area contributed by atoms with Crippen LogP contribution in [-0.4, -0.2) is 19.2 Å². The van der Waals surface area contributed by atoms with Crippen LogP contribution in [0.1, 0.15) is 24.0 Å². The van der Waals surface area contributed by atoms with Gasteiger partial charge in [-0.2, -0.15) is 0 Å². The number of benzene rings is 1. The van der Waals surface area contributed by atoms with E-state index in [-0.39, 0.29) is 5.92 Å². The number of rotatable bonds is 4. The minimum absolute atomic E-state index is 0.0257. The van der Waals surface area contributed by atoms with Crippen molar-refractivity contribution in [2.75, 3.05) is 14.2 Å². The Morgan fingerprint density at radius 3 is 2.15 bits per heavy atom. The number of methoxy groups -OCH3 is 2. The zero-order valence-electron chi connectivity index (χ0n) is 11.5. The highest BCUT2D eigenvalue weighted by molar-refractivity contribution is 6.35. The Kier molecular flexibility index (Phi) is 4.73. The Balaban J connectivity index is 2.46. The first-order valence-corrected chi connectivity index (χ1v) is 6.85. The molecule has 2 rings (SSSR count). The number of aromatic nitrogens is 1. The molecule has 0 spiro atoms. The number of nitrogens with zero attached hydrogens (tertiary/aromatic N) is 1. The average molecular weight is 312 g/mol. The topological polar surface area (TPSA) is 31.4 Å². The summed E-state index contributed by atoms with van der Waals surface area (Å²) in [5.41, 5.74) is 1.90. The molecule has 0 bridgehead atoms. The van der Waals surface area contributed by atoms with Gasteiger partial charge in [0.05, 0.1) is 24.3 Å². The van der Waals surface area contributed by atoms with Gasteiger partial charge in [0, 0.05) is 18.3 Å². The monoisotopic (exact) mass is 311 g/mol. The number of halogens is 2. The second-order valence-electron chi connectivity index (χ2n) is 4.35. The van der Waals surface area contributed by atoms with Crippen LogP contribution >= 0.6 is 23.2 Å². The van der Waals surface area contributed by atoms with Gasteiger partial charge in [-0.15, -0.1) is 0 Å². The molecule has 0 N–H and O–H groups in total. The van der Waals surface area contributed by atoms with Crippen LogP contribution in [0, 0.1) is 0 Å². The number of pyridine rings is 1. The highest BCUT2D eigenvalue weighted by Gasteiger charge is 2.17. The summed E-state index contributed by atoms with van der Waals surface area (Å²) in [4.78, 5) is 3.97. The van der Waals surface area contributed by atoms with E-state index in [2.05, 4.69) is 4.98 Å². The van der Waals surface area contributed by atoms with Gasteiger partial charge in [-0.25, -0.2) is 0 Å². The summed E-state index contributed by atoms with van der Waals surface area (Å²) >= 11 is 12.4. The van der Waals surface area contributed by atoms with Crippen LogP contribution in [-0.2, 0) is 0 Å². The molecule has 5 heteroatoms.